The van der Waals surface area contributed by atoms with Crippen molar-refractivity contribution in [1.82, 2.24) is 20.2 Å². The maximum Gasteiger partial charge on any atom is 0.270 e. The van der Waals surface area contributed by atoms with Gasteiger partial charge < -0.3 is 24.6 Å². The summed E-state index contributed by atoms with van der Waals surface area (Å²) in [6.07, 6.45) is 2.09. The molecule has 9 heteroatoms. The summed E-state index contributed by atoms with van der Waals surface area (Å²) in [5.74, 6) is -0.939. The van der Waals surface area contributed by atoms with Crippen LogP contribution in [-0.4, -0.2) is 39.8 Å². The number of hydrogen-bond acceptors (Lipinski definition) is 3. The Balaban J connectivity index is 1.31. The second-order valence-corrected chi connectivity index (χ2v) is 9.62. The van der Waals surface area contributed by atoms with E-state index in [1.54, 1.807) is 29.4 Å². The molecule has 3 N–H and O–H groups in total. The lowest BCUT2D eigenvalue weighted by Gasteiger charge is -2.31. The number of aromatic nitrogens is 2. The van der Waals surface area contributed by atoms with E-state index in [2.05, 4.69) is 31.2 Å². The van der Waals surface area contributed by atoms with Crippen LogP contribution in [0.5, 0.6) is 0 Å². The number of carbonyl (C=O) groups excluding carboxylic acids is 2. The molecule has 5 aromatic rings. The first kappa shape index (κ1) is 21.7. The maximum atomic E-state index is 14.3. The quantitative estimate of drug-likeness (QED) is 0.291. The molecule has 0 bridgehead atoms. The molecule has 0 radical (unpaired) electrons. The lowest BCUT2D eigenvalue weighted by molar-refractivity contribution is 0.0759. The molecule has 176 valence electrons. The number of hydrogen-bond donors (Lipinski definition) is 3. The number of furan rings is 1. The molecule has 3 aromatic heterocycles. The monoisotopic (exact) mass is 534 g/mol. The topological polar surface area (TPSA) is 94.1 Å². The van der Waals surface area contributed by atoms with Crippen molar-refractivity contribution in [3.05, 3.63) is 94.2 Å². The van der Waals surface area contributed by atoms with Crippen LogP contribution >= 0.6 is 15.9 Å². The third-order valence-electron chi connectivity index (χ3n) is 6.64. The second kappa shape index (κ2) is 8.13. The molecule has 0 saturated carbocycles. The molecule has 7 nitrogen and oxygen atoms in total. The van der Waals surface area contributed by atoms with Gasteiger partial charge in [-0.2, -0.15) is 0 Å². The summed E-state index contributed by atoms with van der Waals surface area (Å²) in [6, 6.07) is 17.5. The highest BCUT2D eigenvalue weighted by atomic mass is 79.9. The molecule has 1 fully saturated rings. The number of likely N-dealkylation sites (tertiary alicyclic amines) is 1. The Labute approximate surface area is 207 Å². The van der Waals surface area contributed by atoms with Gasteiger partial charge in [-0.25, -0.2) is 4.39 Å². The van der Waals surface area contributed by atoms with E-state index in [0.717, 1.165) is 11.1 Å². The minimum absolute atomic E-state index is 0.253. The number of halogens is 2. The lowest BCUT2D eigenvalue weighted by atomic mass is 9.88. The van der Waals surface area contributed by atoms with Crippen LogP contribution in [-0.2, 0) is 5.54 Å². The van der Waals surface area contributed by atoms with Crippen LogP contribution in [0.25, 0.3) is 22.0 Å². The van der Waals surface area contributed by atoms with Gasteiger partial charge >= 0.3 is 0 Å². The summed E-state index contributed by atoms with van der Waals surface area (Å²) in [5, 5.41) is 3.52. The lowest BCUT2D eigenvalue weighted by Crippen LogP contribution is -2.48. The molecule has 6 rings (SSSR count). The van der Waals surface area contributed by atoms with Crippen molar-refractivity contribution in [3.63, 3.8) is 0 Å². The molecule has 1 atom stereocenters. The van der Waals surface area contributed by atoms with Crippen molar-refractivity contribution in [2.75, 3.05) is 13.1 Å². The van der Waals surface area contributed by atoms with Crippen LogP contribution in [0.3, 0.4) is 0 Å². The molecule has 4 heterocycles. The van der Waals surface area contributed by atoms with Gasteiger partial charge in [-0.05, 0) is 46.1 Å². The molecular formula is C26H20BrFN4O3. The van der Waals surface area contributed by atoms with Crippen LogP contribution in [0.2, 0.25) is 0 Å². The number of fused-ring (bicyclic) bond motifs is 2. The first-order valence-corrected chi connectivity index (χ1v) is 11.9. The van der Waals surface area contributed by atoms with E-state index in [4.69, 9.17) is 4.42 Å². The van der Waals surface area contributed by atoms with Gasteiger partial charge in [-0.3, -0.25) is 9.59 Å². The first-order chi connectivity index (χ1) is 16.9. The van der Waals surface area contributed by atoms with Crippen molar-refractivity contribution in [2.24, 2.45) is 0 Å². The highest BCUT2D eigenvalue weighted by Crippen LogP contribution is 2.34. The van der Waals surface area contributed by atoms with Crippen molar-refractivity contribution in [2.45, 2.75) is 12.0 Å². The van der Waals surface area contributed by atoms with Crippen LogP contribution in [0.4, 0.5) is 4.39 Å². The number of aromatic amines is 2. The van der Waals surface area contributed by atoms with Gasteiger partial charge in [0.15, 0.2) is 5.58 Å². The minimum Gasteiger partial charge on any atom is -0.463 e. The van der Waals surface area contributed by atoms with Crippen LogP contribution in [0.15, 0.2) is 75.8 Å². The fraction of sp³-hybridized carbons (Fsp3) is 0.154. The fourth-order valence-corrected chi connectivity index (χ4v) is 5.29. The summed E-state index contributed by atoms with van der Waals surface area (Å²) in [7, 11) is 0. The molecule has 1 unspecified atom stereocenters. The third-order valence-corrected chi connectivity index (χ3v) is 7.30. The summed E-state index contributed by atoms with van der Waals surface area (Å²) in [4.78, 5) is 34.5. The van der Waals surface area contributed by atoms with E-state index >= 15 is 0 Å². The standard InChI is InChI=1S/C26H20BrFN4O3/c27-17-6-7-18(28)16-12-21(30-23(16)17)25(34)32-10-9-26(14-32,15-4-2-1-3-5-15)31-24(33)20-13-22-19(29-20)8-11-35-22/h1-8,11-13,29-30H,9-10,14H2,(H,31,33). The van der Waals surface area contributed by atoms with Crippen molar-refractivity contribution < 1.29 is 18.4 Å². The first-order valence-electron chi connectivity index (χ1n) is 11.1. The second-order valence-electron chi connectivity index (χ2n) is 8.76. The van der Waals surface area contributed by atoms with Crippen molar-refractivity contribution >= 4 is 49.7 Å². The summed E-state index contributed by atoms with van der Waals surface area (Å²) in [5.41, 5.74) is 2.68. The van der Waals surface area contributed by atoms with Gasteiger partial charge in [0.2, 0.25) is 0 Å². The molecule has 1 saturated heterocycles. The van der Waals surface area contributed by atoms with E-state index in [0.29, 0.717) is 45.3 Å². The molecule has 0 spiro atoms. The van der Waals surface area contributed by atoms with E-state index in [-0.39, 0.29) is 18.4 Å². The zero-order chi connectivity index (χ0) is 24.2. The van der Waals surface area contributed by atoms with E-state index in [1.165, 1.54) is 12.1 Å². The number of H-pyrrole nitrogens is 2. The minimum atomic E-state index is -0.780. The van der Waals surface area contributed by atoms with E-state index < -0.39 is 11.4 Å². The summed E-state index contributed by atoms with van der Waals surface area (Å²) in [6.45, 7) is 0.706. The summed E-state index contributed by atoms with van der Waals surface area (Å²) >= 11 is 3.40. The molecular weight excluding hydrogens is 515 g/mol. The third kappa shape index (κ3) is 3.63. The number of nitrogens with one attached hydrogen (secondary N) is 3. The number of carbonyl (C=O) groups is 2. The average molecular weight is 535 g/mol. The van der Waals surface area contributed by atoms with Gasteiger partial charge in [0, 0.05) is 35.1 Å². The normalized spacial score (nSPS) is 17.9. The predicted octanol–water partition coefficient (Wildman–Crippen LogP) is 5.32. The molecule has 1 aliphatic rings. The van der Waals surface area contributed by atoms with Gasteiger partial charge in [0.25, 0.3) is 11.8 Å². The Morgan fingerprint density at radius 3 is 2.66 bits per heavy atom. The maximum absolute atomic E-state index is 14.3. The Kier molecular flexibility index (Phi) is 5.03. The molecule has 35 heavy (non-hydrogen) atoms. The van der Waals surface area contributed by atoms with Gasteiger partial charge in [0.05, 0.1) is 22.8 Å². The van der Waals surface area contributed by atoms with E-state index in [9.17, 15) is 14.0 Å². The van der Waals surface area contributed by atoms with Crippen LogP contribution < -0.4 is 5.32 Å². The Morgan fingerprint density at radius 2 is 1.89 bits per heavy atom. The highest BCUT2D eigenvalue weighted by Gasteiger charge is 2.43. The Hall–Kier alpha value is -3.85. The SMILES string of the molecule is O=C(NC1(c2ccccc2)CCN(C(=O)c2cc3c(F)ccc(Br)c3[nH]2)C1)c1cc2occc2[nH]1. The van der Waals surface area contributed by atoms with Gasteiger partial charge in [-0.1, -0.05) is 30.3 Å². The van der Waals surface area contributed by atoms with Gasteiger partial charge in [0.1, 0.15) is 17.2 Å². The Morgan fingerprint density at radius 1 is 1.06 bits per heavy atom. The molecule has 1 aliphatic heterocycles. The Bertz CT molecular complexity index is 1520. The highest BCUT2D eigenvalue weighted by molar-refractivity contribution is 9.10. The largest absolute Gasteiger partial charge is 0.463 e. The molecule has 2 aromatic carbocycles. The number of rotatable bonds is 4. The fourth-order valence-electron chi connectivity index (χ4n) is 4.84. The number of amides is 2. The van der Waals surface area contributed by atoms with Crippen LogP contribution in [0, 0.1) is 5.82 Å². The van der Waals surface area contributed by atoms with Gasteiger partial charge in [-0.15, -0.1) is 0 Å². The zero-order valence-electron chi connectivity index (χ0n) is 18.4. The average Bonchev–Trinajstić information content (AvgIpc) is 3.64. The number of nitrogens with zero attached hydrogens (tertiary/aromatic N) is 1. The molecule has 0 aliphatic carbocycles. The smallest absolute Gasteiger partial charge is 0.270 e. The number of benzene rings is 2. The van der Waals surface area contributed by atoms with E-state index in [1.807, 2.05) is 30.3 Å². The van der Waals surface area contributed by atoms with Crippen molar-refractivity contribution in [3.8, 4) is 0 Å². The zero-order valence-corrected chi connectivity index (χ0v) is 20.0. The summed E-state index contributed by atoms with van der Waals surface area (Å²) < 4.78 is 20.3. The van der Waals surface area contributed by atoms with Crippen LogP contribution in [0.1, 0.15) is 33.0 Å². The van der Waals surface area contributed by atoms with Crippen molar-refractivity contribution in [1.29, 1.82) is 0 Å². The predicted molar refractivity (Wildman–Crippen MR) is 133 cm³/mol. The molecule has 2 amide bonds.